The third-order valence-corrected chi connectivity index (χ3v) is 6.63. The Bertz CT molecular complexity index is 1010. The molecule has 0 rings (SSSR count). The van der Waals surface area contributed by atoms with E-state index in [4.69, 9.17) is 33.5 Å². The molecule has 0 aromatic heterocycles. The molecule has 0 saturated carbocycles. The maximum absolute atomic E-state index is 13.4. The summed E-state index contributed by atoms with van der Waals surface area (Å²) in [7, 11) is 0. The molecule has 5 amide bonds. The molecule has 0 saturated heterocycles. The van der Waals surface area contributed by atoms with E-state index in [1.165, 1.54) is 6.92 Å². The van der Waals surface area contributed by atoms with Gasteiger partial charge in [-0.05, 0) is 57.9 Å². The first-order valence-corrected chi connectivity index (χ1v) is 14.9. The summed E-state index contributed by atoms with van der Waals surface area (Å²) in [5.74, 6) is -5.72. The number of aliphatic carboxylic acids is 1. The molecule has 18 nitrogen and oxygen atoms in total. The number of nitrogens with two attached hydrogens (primary N) is 4. The minimum absolute atomic E-state index is 0.104. The number of carbonyl (C=O) groups excluding carboxylic acids is 5. The van der Waals surface area contributed by atoms with E-state index in [1.807, 2.05) is 0 Å². The van der Waals surface area contributed by atoms with Gasteiger partial charge in [0.1, 0.15) is 24.2 Å². The minimum atomic E-state index is -1.59. The standard InChI is InChI=1S/C27H52N10O8/c1-14(2)13-19(25(44)37-21(15(3)38)26(45)34-17(22(30)41)9-10-20(39)40)36-24(43)18(8-6-12-33-27(31)32)35-23(42)16(29)7-4-5-11-28/h14-19,21,38H,4-13,28-29H2,1-3H3,(H2,30,41)(H,34,45)(H,35,42)(H,36,43)(H,37,44)(H,39,40)(H4,31,32,33)/t15-,16+,17+,18+,19+,21+/m1/s1. The van der Waals surface area contributed by atoms with E-state index in [2.05, 4.69) is 26.6 Å². The molecule has 0 aliphatic heterocycles. The van der Waals surface area contributed by atoms with Gasteiger partial charge in [-0.1, -0.05) is 20.3 Å². The van der Waals surface area contributed by atoms with Gasteiger partial charge in [0.2, 0.25) is 29.5 Å². The normalized spacial score (nSPS) is 15.0. The van der Waals surface area contributed by atoms with Gasteiger partial charge in [0.15, 0.2) is 5.96 Å². The summed E-state index contributed by atoms with van der Waals surface area (Å²) in [4.78, 5) is 75.1. The molecule has 0 heterocycles. The van der Waals surface area contributed by atoms with Crippen molar-refractivity contribution in [1.29, 1.82) is 5.41 Å². The first-order chi connectivity index (χ1) is 21.0. The molecule has 6 atom stereocenters. The van der Waals surface area contributed by atoms with Crippen molar-refractivity contribution in [2.75, 3.05) is 13.1 Å². The zero-order valence-corrected chi connectivity index (χ0v) is 26.3. The van der Waals surface area contributed by atoms with Gasteiger partial charge >= 0.3 is 5.97 Å². The van der Waals surface area contributed by atoms with E-state index < -0.39 is 78.2 Å². The van der Waals surface area contributed by atoms with E-state index >= 15 is 0 Å². The lowest BCUT2D eigenvalue weighted by Crippen LogP contribution is -2.61. The van der Waals surface area contributed by atoms with Crippen LogP contribution in [0.5, 0.6) is 0 Å². The average Bonchev–Trinajstić information content (AvgIpc) is 2.93. The second-order valence-corrected chi connectivity index (χ2v) is 11.2. The second-order valence-electron chi connectivity index (χ2n) is 11.2. The Morgan fingerprint density at radius 3 is 1.84 bits per heavy atom. The maximum atomic E-state index is 13.4. The Labute approximate surface area is 263 Å². The molecule has 0 aromatic rings. The minimum Gasteiger partial charge on any atom is -0.481 e. The number of carboxylic acid groups (broad SMARTS) is 1. The molecule has 0 spiro atoms. The van der Waals surface area contributed by atoms with Crippen LogP contribution in [0, 0.1) is 11.3 Å². The second kappa shape index (κ2) is 21.6. The number of carboxylic acids is 1. The summed E-state index contributed by atoms with van der Waals surface area (Å²) < 4.78 is 0. The van der Waals surface area contributed by atoms with Crippen molar-refractivity contribution in [3.8, 4) is 0 Å². The van der Waals surface area contributed by atoms with E-state index in [-0.39, 0.29) is 37.7 Å². The monoisotopic (exact) mass is 644 g/mol. The van der Waals surface area contributed by atoms with Crippen LogP contribution in [0.3, 0.4) is 0 Å². The van der Waals surface area contributed by atoms with Gasteiger partial charge in [-0.15, -0.1) is 0 Å². The number of amides is 5. The molecule has 0 radical (unpaired) electrons. The first-order valence-electron chi connectivity index (χ1n) is 14.9. The van der Waals surface area contributed by atoms with Crippen LogP contribution in [0.2, 0.25) is 0 Å². The molecule has 258 valence electrons. The van der Waals surface area contributed by atoms with Crippen LogP contribution in [0.25, 0.3) is 0 Å². The van der Waals surface area contributed by atoms with Crippen LogP contribution in [0.4, 0.5) is 0 Å². The number of primary amides is 1. The van der Waals surface area contributed by atoms with Gasteiger partial charge in [-0.2, -0.15) is 0 Å². The first kappa shape index (κ1) is 41.0. The molecule has 0 unspecified atom stereocenters. The highest BCUT2D eigenvalue weighted by Crippen LogP contribution is 2.09. The van der Waals surface area contributed by atoms with Gasteiger partial charge in [0.25, 0.3) is 0 Å². The number of rotatable bonds is 23. The Balaban J connectivity index is 5.84. The molecular formula is C27H52N10O8. The van der Waals surface area contributed by atoms with Gasteiger partial charge in [-0.25, -0.2) is 0 Å². The fourth-order valence-electron chi connectivity index (χ4n) is 4.17. The Morgan fingerprint density at radius 1 is 0.756 bits per heavy atom. The van der Waals surface area contributed by atoms with Crippen molar-refractivity contribution in [3.63, 3.8) is 0 Å². The van der Waals surface area contributed by atoms with Crippen LogP contribution in [0.1, 0.15) is 72.1 Å². The van der Waals surface area contributed by atoms with Gasteiger partial charge in [0.05, 0.1) is 12.1 Å². The van der Waals surface area contributed by atoms with Gasteiger partial charge < -0.3 is 59.7 Å². The maximum Gasteiger partial charge on any atom is 0.303 e. The number of nitrogens with one attached hydrogen (secondary N) is 6. The third kappa shape index (κ3) is 17.8. The fourth-order valence-corrected chi connectivity index (χ4v) is 4.17. The van der Waals surface area contributed by atoms with E-state index in [9.17, 15) is 33.9 Å². The highest BCUT2D eigenvalue weighted by molar-refractivity contribution is 5.96. The third-order valence-electron chi connectivity index (χ3n) is 6.63. The molecule has 0 bridgehead atoms. The molecule has 45 heavy (non-hydrogen) atoms. The lowest BCUT2D eigenvalue weighted by molar-refractivity contribution is -0.138. The number of hydrogen-bond donors (Lipinski definition) is 12. The van der Waals surface area contributed by atoms with Crippen LogP contribution >= 0.6 is 0 Å². The van der Waals surface area contributed by atoms with Crippen molar-refractivity contribution >= 4 is 41.5 Å². The van der Waals surface area contributed by atoms with Crippen LogP contribution in [-0.4, -0.2) is 101 Å². The summed E-state index contributed by atoms with van der Waals surface area (Å²) in [6.45, 7) is 5.47. The molecule has 16 N–H and O–H groups in total. The van der Waals surface area contributed by atoms with Crippen molar-refractivity contribution < 1.29 is 39.0 Å². The predicted molar refractivity (Wildman–Crippen MR) is 165 cm³/mol. The van der Waals surface area contributed by atoms with Gasteiger partial charge in [-0.3, -0.25) is 34.2 Å². The molecule has 0 aromatic carbocycles. The van der Waals surface area contributed by atoms with Crippen molar-refractivity contribution in [2.45, 2.75) is 108 Å². The number of unbranched alkanes of at least 4 members (excludes halogenated alkanes) is 1. The topological polar surface area (TPSA) is 331 Å². The molecule has 0 aliphatic carbocycles. The highest BCUT2D eigenvalue weighted by Gasteiger charge is 2.33. The summed E-state index contributed by atoms with van der Waals surface area (Å²) in [5.41, 5.74) is 22.1. The van der Waals surface area contributed by atoms with Crippen molar-refractivity contribution in [3.05, 3.63) is 0 Å². The number of carbonyl (C=O) groups is 6. The lowest BCUT2D eigenvalue weighted by Gasteiger charge is -2.28. The summed E-state index contributed by atoms with van der Waals surface area (Å²) in [6, 6.07) is -6.19. The van der Waals surface area contributed by atoms with Gasteiger partial charge in [0, 0.05) is 13.0 Å². The van der Waals surface area contributed by atoms with E-state index in [1.54, 1.807) is 13.8 Å². The van der Waals surface area contributed by atoms with E-state index in [0.29, 0.717) is 32.2 Å². The zero-order chi connectivity index (χ0) is 34.7. The number of aliphatic hydroxyl groups excluding tert-OH is 1. The average molecular weight is 645 g/mol. The summed E-state index contributed by atoms with van der Waals surface area (Å²) in [5, 5.41) is 38.9. The fraction of sp³-hybridized carbons (Fsp3) is 0.741. The lowest BCUT2D eigenvalue weighted by atomic mass is 10.0. The van der Waals surface area contributed by atoms with Crippen molar-refractivity contribution in [2.24, 2.45) is 28.9 Å². The number of guanidine groups is 1. The Morgan fingerprint density at radius 2 is 1.33 bits per heavy atom. The Hall–Kier alpha value is -4.03. The largest absolute Gasteiger partial charge is 0.481 e. The zero-order valence-electron chi connectivity index (χ0n) is 26.3. The summed E-state index contributed by atoms with van der Waals surface area (Å²) in [6.07, 6.45) is -0.0847. The molecule has 0 fully saturated rings. The van der Waals surface area contributed by atoms with Crippen LogP contribution < -0.4 is 49.5 Å². The Kier molecular flexibility index (Phi) is 19.7. The quantitative estimate of drug-likeness (QED) is 0.0292. The number of aliphatic hydroxyl groups is 1. The highest BCUT2D eigenvalue weighted by atomic mass is 16.4. The SMILES string of the molecule is CC(C)C[C@H](NC(=O)[C@H](CCCNC(=N)N)NC(=O)[C@@H](N)CCCCN)C(=O)N[C@H](C(=O)N[C@@H](CCC(=O)O)C(N)=O)[C@@H](C)O. The van der Waals surface area contributed by atoms with Crippen LogP contribution in [-0.2, 0) is 28.8 Å². The van der Waals surface area contributed by atoms with E-state index in [0.717, 1.165) is 0 Å². The van der Waals surface area contributed by atoms with Crippen molar-refractivity contribution in [1.82, 2.24) is 26.6 Å². The predicted octanol–water partition coefficient (Wildman–Crippen LogP) is -3.58. The molecule has 18 heteroatoms. The van der Waals surface area contributed by atoms with Crippen LogP contribution in [0.15, 0.2) is 0 Å². The molecular weight excluding hydrogens is 592 g/mol. The summed E-state index contributed by atoms with van der Waals surface area (Å²) >= 11 is 0. The smallest absolute Gasteiger partial charge is 0.303 e. The number of hydrogen-bond acceptors (Lipinski definition) is 10. The molecule has 0 aliphatic rings.